The van der Waals surface area contributed by atoms with Crippen LogP contribution in [0.15, 0.2) is 12.1 Å². The van der Waals surface area contributed by atoms with E-state index in [1.807, 2.05) is 0 Å². The first-order valence-electron chi connectivity index (χ1n) is 7.82. The molecule has 0 bridgehead atoms. The Labute approximate surface area is 138 Å². The molecule has 0 atom stereocenters. The molecule has 0 saturated heterocycles. The number of ether oxygens (including phenoxy) is 3. The molecule has 0 fully saturated rings. The molecule has 0 spiro atoms. The van der Waals surface area contributed by atoms with Crippen molar-refractivity contribution in [1.82, 2.24) is 5.32 Å². The molecule has 23 heavy (non-hydrogen) atoms. The minimum Gasteiger partial charge on any atom is -0.493 e. The maximum absolute atomic E-state index is 12.0. The van der Waals surface area contributed by atoms with Gasteiger partial charge in [-0.05, 0) is 18.9 Å². The summed E-state index contributed by atoms with van der Waals surface area (Å²) in [4.78, 5) is 12.0. The summed E-state index contributed by atoms with van der Waals surface area (Å²) in [5.74, 6) is 2.13. The van der Waals surface area contributed by atoms with Crippen molar-refractivity contribution in [3.63, 3.8) is 0 Å². The van der Waals surface area contributed by atoms with Crippen LogP contribution in [-0.4, -0.2) is 40.3 Å². The Kier molecular flexibility index (Phi) is 8.26. The minimum absolute atomic E-state index is 0.0590. The van der Waals surface area contributed by atoms with Crippen LogP contribution in [0.2, 0.25) is 0 Å². The average molecular weight is 324 g/mol. The molecule has 2 N–H and O–H groups in total. The molecule has 0 heterocycles. The van der Waals surface area contributed by atoms with Crippen molar-refractivity contribution in [3.8, 4) is 17.2 Å². The normalized spacial score (nSPS) is 10.5. The number of hydrogen-bond donors (Lipinski definition) is 2. The summed E-state index contributed by atoms with van der Waals surface area (Å²) in [5.41, 5.74) is 0.617. The number of methoxy groups -OCH3 is 3. The van der Waals surface area contributed by atoms with Crippen molar-refractivity contribution in [2.75, 3.05) is 39.7 Å². The van der Waals surface area contributed by atoms with Gasteiger partial charge in [-0.3, -0.25) is 4.79 Å². The molecule has 6 heteroatoms. The molecular weight excluding hydrogens is 296 g/mol. The molecule has 1 aromatic rings. The number of hydrogen-bond acceptors (Lipinski definition) is 5. The average Bonchev–Trinajstić information content (AvgIpc) is 2.53. The molecule has 0 radical (unpaired) electrons. The molecule has 130 valence electrons. The minimum atomic E-state index is -0.0590. The van der Waals surface area contributed by atoms with Gasteiger partial charge < -0.3 is 24.8 Å². The van der Waals surface area contributed by atoms with Crippen molar-refractivity contribution in [2.45, 2.75) is 26.7 Å². The summed E-state index contributed by atoms with van der Waals surface area (Å²) in [7, 11) is 4.63. The third-order valence-electron chi connectivity index (χ3n) is 3.38. The lowest BCUT2D eigenvalue weighted by Gasteiger charge is -2.14. The van der Waals surface area contributed by atoms with E-state index in [0.717, 1.165) is 13.0 Å². The monoisotopic (exact) mass is 324 g/mol. The van der Waals surface area contributed by atoms with Crippen LogP contribution in [-0.2, 0) is 4.79 Å². The number of amides is 1. The standard InChI is InChI=1S/C17H28N2O4/c1-12(2)6-8-18-9-7-16(20)19-13-10-14(21-3)17(23-5)15(11-13)22-4/h10-12,18H,6-9H2,1-5H3,(H,19,20). The van der Waals surface area contributed by atoms with Gasteiger partial charge >= 0.3 is 0 Å². The van der Waals surface area contributed by atoms with Crippen LogP contribution in [0.4, 0.5) is 5.69 Å². The summed E-state index contributed by atoms with van der Waals surface area (Å²) in [6.45, 7) is 5.94. The summed E-state index contributed by atoms with van der Waals surface area (Å²) in [6, 6.07) is 3.43. The highest BCUT2D eigenvalue weighted by Crippen LogP contribution is 2.39. The third kappa shape index (κ3) is 6.36. The molecule has 0 aliphatic carbocycles. The summed E-state index contributed by atoms with van der Waals surface area (Å²) < 4.78 is 15.8. The molecular formula is C17H28N2O4. The number of rotatable bonds is 10. The van der Waals surface area contributed by atoms with Gasteiger partial charge in [-0.25, -0.2) is 0 Å². The maximum Gasteiger partial charge on any atom is 0.225 e. The van der Waals surface area contributed by atoms with Gasteiger partial charge in [-0.2, -0.15) is 0 Å². The highest BCUT2D eigenvalue weighted by molar-refractivity contribution is 5.91. The fourth-order valence-corrected chi connectivity index (χ4v) is 2.09. The first kappa shape index (κ1) is 19.1. The molecule has 0 unspecified atom stereocenters. The lowest BCUT2D eigenvalue weighted by atomic mass is 10.1. The lowest BCUT2D eigenvalue weighted by molar-refractivity contribution is -0.116. The highest BCUT2D eigenvalue weighted by atomic mass is 16.5. The topological polar surface area (TPSA) is 68.8 Å². The second-order valence-corrected chi connectivity index (χ2v) is 5.64. The van der Waals surface area contributed by atoms with Crippen molar-refractivity contribution in [1.29, 1.82) is 0 Å². The van der Waals surface area contributed by atoms with Gasteiger partial charge in [0.1, 0.15) is 0 Å². The Balaban J connectivity index is 2.57. The van der Waals surface area contributed by atoms with Crippen LogP contribution in [0.3, 0.4) is 0 Å². The zero-order chi connectivity index (χ0) is 17.2. The number of nitrogens with one attached hydrogen (secondary N) is 2. The summed E-state index contributed by atoms with van der Waals surface area (Å²) in [5, 5.41) is 6.11. The zero-order valence-electron chi connectivity index (χ0n) is 14.7. The molecule has 0 aliphatic rings. The fraction of sp³-hybridized carbons (Fsp3) is 0.588. The molecule has 1 amide bonds. The fourth-order valence-electron chi connectivity index (χ4n) is 2.09. The van der Waals surface area contributed by atoms with Gasteiger partial charge in [0.2, 0.25) is 11.7 Å². The Hall–Kier alpha value is -1.95. The lowest BCUT2D eigenvalue weighted by Crippen LogP contribution is -2.23. The van der Waals surface area contributed by atoms with Crippen LogP contribution < -0.4 is 24.8 Å². The Bertz CT molecular complexity index is 478. The van der Waals surface area contributed by atoms with E-state index in [1.165, 1.54) is 0 Å². The predicted molar refractivity (Wildman–Crippen MR) is 91.7 cm³/mol. The third-order valence-corrected chi connectivity index (χ3v) is 3.38. The van der Waals surface area contributed by atoms with Crippen molar-refractivity contribution in [3.05, 3.63) is 12.1 Å². The van der Waals surface area contributed by atoms with Crippen LogP contribution in [0, 0.1) is 5.92 Å². The SMILES string of the molecule is COc1cc(NC(=O)CCNCCC(C)C)cc(OC)c1OC. The Morgan fingerprint density at radius 3 is 2.13 bits per heavy atom. The molecule has 0 aliphatic heterocycles. The Morgan fingerprint density at radius 2 is 1.65 bits per heavy atom. The zero-order valence-corrected chi connectivity index (χ0v) is 14.7. The first-order chi connectivity index (χ1) is 11.0. The number of carbonyl (C=O) groups excluding carboxylic acids is 1. The van der Waals surface area contributed by atoms with Gasteiger partial charge in [-0.1, -0.05) is 13.8 Å². The molecule has 0 aromatic heterocycles. The van der Waals surface area contributed by atoms with Gasteiger partial charge in [0, 0.05) is 30.8 Å². The maximum atomic E-state index is 12.0. The van der Waals surface area contributed by atoms with E-state index in [2.05, 4.69) is 24.5 Å². The first-order valence-corrected chi connectivity index (χ1v) is 7.82. The number of benzene rings is 1. The van der Waals surface area contributed by atoms with Gasteiger partial charge in [-0.15, -0.1) is 0 Å². The Morgan fingerprint density at radius 1 is 1.04 bits per heavy atom. The molecule has 1 aromatic carbocycles. The van der Waals surface area contributed by atoms with Gasteiger partial charge in [0.05, 0.1) is 21.3 Å². The summed E-state index contributed by atoms with van der Waals surface area (Å²) >= 11 is 0. The predicted octanol–water partition coefficient (Wildman–Crippen LogP) is 2.68. The van der Waals surface area contributed by atoms with E-state index in [9.17, 15) is 4.79 Å². The van der Waals surface area contributed by atoms with Crippen molar-refractivity contribution < 1.29 is 19.0 Å². The van der Waals surface area contributed by atoms with E-state index < -0.39 is 0 Å². The molecule has 6 nitrogen and oxygen atoms in total. The van der Waals surface area contributed by atoms with Crippen LogP contribution in [0.25, 0.3) is 0 Å². The van der Waals surface area contributed by atoms with Crippen molar-refractivity contribution >= 4 is 11.6 Å². The van der Waals surface area contributed by atoms with E-state index in [1.54, 1.807) is 33.5 Å². The smallest absolute Gasteiger partial charge is 0.225 e. The van der Waals surface area contributed by atoms with Gasteiger partial charge in [0.25, 0.3) is 0 Å². The highest BCUT2D eigenvalue weighted by Gasteiger charge is 2.14. The molecule has 0 saturated carbocycles. The van der Waals surface area contributed by atoms with E-state index in [4.69, 9.17) is 14.2 Å². The molecule has 1 rings (SSSR count). The van der Waals surface area contributed by atoms with E-state index >= 15 is 0 Å². The van der Waals surface area contributed by atoms with E-state index in [0.29, 0.717) is 41.8 Å². The second kappa shape index (κ2) is 9.94. The van der Waals surface area contributed by atoms with Crippen LogP contribution in [0.5, 0.6) is 17.2 Å². The van der Waals surface area contributed by atoms with Crippen LogP contribution in [0.1, 0.15) is 26.7 Å². The quantitative estimate of drug-likeness (QED) is 0.648. The van der Waals surface area contributed by atoms with Crippen LogP contribution >= 0.6 is 0 Å². The van der Waals surface area contributed by atoms with Crippen molar-refractivity contribution in [2.24, 2.45) is 5.92 Å². The second-order valence-electron chi connectivity index (χ2n) is 5.64. The van der Waals surface area contributed by atoms with Gasteiger partial charge in [0.15, 0.2) is 11.5 Å². The number of anilines is 1. The largest absolute Gasteiger partial charge is 0.493 e. The van der Waals surface area contributed by atoms with E-state index in [-0.39, 0.29) is 5.91 Å². The number of carbonyl (C=O) groups is 1. The summed E-state index contributed by atoms with van der Waals surface area (Å²) in [6.07, 6.45) is 1.52.